The summed E-state index contributed by atoms with van der Waals surface area (Å²) in [6.45, 7) is 3.60. The van der Waals surface area contributed by atoms with Gasteiger partial charge in [0.05, 0.1) is 0 Å². The van der Waals surface area contributed by atoms with Crippen molar-refractivity contribution < 1.29 is 13.6 Å². The lowest BCUT2D eigenvalue weighted by molar-refractivity contribution is 0.0958. The number of likely N-dealkylation sites (tertiary alicyclic amines) is 1. The average Bonchev–Trinajstić information content (AvgIpc) is 2.79. The largest absolute Gasteiger partial charge is 0.305 e. The number of carbonyl (C=O) groups is 1. The maximum atomic E-state index is 14.0. The van der Waals surface area contributed by atoms with Gasteiger partial charge in [0.25, 0.3) is 5.91 Å². The number of hydrogen-bond donors (Lipinski definition) is 0. The van der Waals surface area contributed by atoms with E-state index in [-0.39, 0.29) is 24.1 Å². The minimum Gasteiger partial charge on any atom is -0.305 e. The molecule has 0 radical (unpaired) electrons. The van der Waals surface area contributed by atoms with E-state index in [0.717, 1.165) is 24.1 Å². The third kappa shape index (κ3) is 4.83. The monoisotopic (exact) mass is 420 g/mol. The van der Waals surface area contributed by atoms with Crippen molar-refractivity contribution in [2.75, 3.05) is 18.0 Å². The molecular weight excluding hydrogens is 394 g/mol. The second-order valence-corrected chi connectivity index (χ2v) is 8.08. The molecule has 1 amide bonds. The van der Waals surface area contributed by atoms with Crippen molar-refractivity contribution in [3.63, 3.8) is 0 Å². The zero-order valence-corrected chi connectivity index (χ0v) is 17.6. The van der Waals surface area contributed by atoms with Crippen molar-refractivity contribution >= 4 is 11.6 Å². The molecule has 3 nitrogen and oxygen atoms in total. The van der Waals surface area contributed by atoms with Gasteiger partial charge in [-0.25, -0.2) is 8.78 Å². The van der Waals surface area contributed by atoms with Gasteiger partial charge in [-0.2, -0.15) is 0 Å². The van der Waals surface area contributed by atoms with Crippen LogP contribution in [0.1, 0.15) is 34.3 Å². The van der Waals surface area contributed by atoms with Gasteiger partial charge in [-0.1, -0.05) is 42.0 Å². The smallest absolute Gasteiger partial charge is 0.258 e. The Bertz CT molecular complexity index is 1010. The summed E-state index contributed by atoms with van der Waals surface area (Å²) in [6.07, 6.45) is 1.48. The van der Waals surface area contributed by atoms with Crippen molar-refractivity contribution in [3.8, 4) is 0 Å². The Morgan fingerprint density at radius 2 is 1.52 bits per heavy atom. The lowest BCUT2D eigenvalue weighted by atomic mass is 9.99. The number of nitrogens with zero attached hydrogens (tertiary/aromatic N) is 2. The Morgan fingerprint density at radius 1 is 0.903 bits per heavy atom. The highest BCUT2D eigenvalue weighted by atomic mass is 19.1. The number of piperidine rings is 1. The molecule has 0 N–H and O–H groups in total. The van der Waals surface area contributed by atoms with Crippen LogP contribution in [0.5, 0.6) is 0 Å². The van der Waals surface area contributed by atoms with Crippen molar-refractivity contribution in [2.24, 2.45) is 0 Å². The molecular formula is C26H26F2N2O. The van der Waals surface area contributed by atoms with E-state index in [1.165, 1.54) is 18.2 Å². The first-order valence-electron chi connectivity index (χ1n) is 10.6. The second kappa shape index (κ2) is 9.40. The van der Waals surface area contributed by atoms with Gasteiger partial charge in [-0.15, -0.1) is 0 Å². The van der Waals surface area contributed by atoms with Crippen LogP contribution in [-0.4, -0.2) is 29.9 Å². The fourth-order valence-corrected chi connectivity index (χ4v) is 4.16. The average molecular weight is 421 g/mol. The van der Waals surface area contributed by atoms with E-state index < -0.39 is 11.6 Å². The van der Waals surface area contributed by atoms with Crippen LogP contribution in [0.4, 0.5) is 14.5 Å². The van der Waals surface area contributed by atoms with Crippen LogP contribution in [0.15, 0.2) is 72.8 Å². The quantitative estimate of drug-likeness (QED) is 0.538. The highest BCUT2D eigenvalue weighted by Crippen LogP contribution is 2.27. The van der Waals surface area contributed by atoms with E-state index in [1.54, 1.807) is 0 Å². The predicted octanol–water partition coefficient (Wildman–Crippen LogP) is 5.58. The van der Waals surface area contributed by atoms with Gasteiger partial charge in [-0.3, -0.25) is 9.69 Å². The first kappa shape index (κ1) is 21.2. The van der Waals surface area contributed by atoms with Gasteiger partial charge in [0.2, 0.25) is 0 Å². The summed E-state index contributed by atoms with van der Waals surface area (Å²) < 4.78 is 28.1. The van der Waals surface area contributed by atoms with Crippen LogP contribution in [0.25, 0.3) is 0 Å². The SMILES string of the molecule is Cc1ccc(N(C(=O)c2ccccc2)C2CCN(Cc3c(F)cccc3F)CC2)cc1. The molecule has 0 aliphatic carbocycles. The molecule has 0 spiro atoms. The molecule has 31 heavy (non-hydrogen) atoms. The molecule has 1 saturated heterocycles. The lowest BCUT2D eigenvalue weighted by Crippen LogP contribution is -2.47. The van der Waals surface area contributed by atoms with E-state index >= 15 is 0 Å². The third-order valence-corrected chi connectivity index (χ3v) is 5.92. The minimum atomic E-state index is -0.511. The van der Waals surface area contributed by atoms with E-state index in [0.29, 0.717) is 18.7 Å². The van der Waals surface area contributed by atoms with Crippen molar-refractivity contribution in [1.29, 1.82) is 0 Å². The number of amides is 1. The second-order valence-electron chi connectivity index (χ2n) is 8.08. The Kier molecular flexibility index (Phi) is 6.42. The lowest BCUT2D eigenvalue weighted by Gasteiger charge is -2.38. The number of aryl methyl sites for hydroxylation is 1. The standard InChI is InChI=1S/C26H26F2N2O/c1-19-10-12-21(13-11-19)30(26(31)20-6-3-2-4-7-20)22-14-16-29(17-15-22)18-23-24(27)8-5-9-25(23)28/h2-13,22H,14-18H2,1H3. The molecule has 0 atom stereocenters. The maximum absolute atomic E-state index is 14.0. The van der Waals surface area contributed by atoms with Crippen LogP contribution in [0, 0.1) is 18.6 Å². The van der Waals surface area contributed by atoms with E-state index in [1.807, 2.05) is 66.4 Å². The third-order valence-electron chi connectivity index (χ3n) is 5.92. The molecule has 0 bridgehead atoms. The fourth-order valence-electron chi connectivity index (χ4n) is 4.16. The normalized spacial score (nSPS) is 15.1. The Morgan fingerprint density at radius 3 is 2.13 bits per heavy atom. The summed E-state index contributed by atoms with van der Waals surface area (Å²) in [5.41, 5.74) is 2.77. The highest BCUT2D eigenvalue weighted by Gasteiger charge is 2.30. The molecule has 1 aliphatic rings. The molecule has 0 saturated carbocycles. The number of anilines is 1. The van der Waals surface area contributed by atoms with Crippen molar-refractivity contribution in [1.82, 2.24) is 4.90 Å². The first-order valence-corrected chi connectivity index (χ1v) is 10.6. The Hall–Kier alpha value is -3.05. The molecule has 3 aromatic carbocycles. The summed E-state index contributed by atoms with van der Waals surface area (Å²) in [5.74, 6) is -1.05. The van der Waals surface area contributed by atoms with Crippen LogP contribution in [0.2, 0.25) is 0 Å². The molecule has 4 rings (SSSR count). The van der Waals surface area contributed by atoms with E-state index in [9.17, 15) is 13.6 Å². The highest BCUT2D eigenvalue weighted by molar-refractivity contribution is 6.06. The molecule has 0 unspecified atom stereocenters. The summed E-state index contributed by atoms with van der Waals surface area (Å²) >= 11 is 0. The van der Waals surface area contributed by atoms with Crippen molar-refractivity contribution in [2.45, 2.75) is 32.4 Å². The zero-order valence-electron chi connectivity index (χ0n) is 17.6. The molecule has 1 heterocycles. The Labute approximate surface area is 181 Å². The molecule has 5 heteroatoms. The fraction of sp³-hybridized carbons (Fsp3) is 0.269. The number of halogens is 2. The van der Waals surface area contributed by atoms with Crippen LogP contribution < -0.4 is 4.90 Å². The number of benzene rings is 3. The molecule has 160 valence electrons. The van der Waals surface area contributed by atoms with E-state index in [2.05, 4.69) is 4.90 Å². The first-order chi connectivity index (χ1) is 15.0. The van der Waals surface area contributed by atoms with Crippen LogP contribution in [0.3, 0.4) is 0 Å². The van der Waals surface area contributed by atoms with Crippen LogP contribution in [-0.2, 0) is 6.54 Å². The predicted molar refractivity (Wildman–Crippen MR) is 119 cm³/mol. The van der Waals surface area contributed by atoms with Crippen LogP contribution >= 0.6 is 0 Å². The minimum absolute atomic E-state index is 0.0250. The maximum Gasteiger partial charge on any atom is 0.258 e. The Balaban J connectivity index is 1.52. The molecule has 0 aromatic heterocycles. The summed E-state index contributed by atoms with van der Waals surface area (Å²) in [5, 5.41) is 0. The molecule has 3 aromatic rings. The topological polar surface area (TPSA) is 23.6 Å². The van der Waals surface area contributed by atoms with Gasteiger partial charge in [0.1, 0.15) is 11.6 Å². The molecule has 1 fully saturated rings. The van der Waals surface area contributed by atoms with Gasteiger partial charge in [-0.05, 0) is 56.2 Å². The number of hydrogen-bond acceptors (Lipinski definition) is 2. The van der Waals surface area contributed by atoms with Gasteiger partial charge >= 0.3 is 0 Å². The van der Waals surface area contributed by atoms with Gasteiger partial charge < -0.3 is 4.90 Å². The summed E-state index contributed by atoms with van der Waals surface area (Å²) in [7, 11) is 0. The molecule has 1 aliphatic heterocycles. The number of rotatable bonds is 5. The van der Waals surface area contributed by atoms with Gasteiger partial charge in [0, 0.05) is 42.5 Å². The van der Waals surface area contributed by atoms with Crippen molar-refractivity contribution in [3.05, 3.63) is 101 Å². The number of carbonyl (C=O) groups excluding carboxylic acids is 1. The summed E-state index contributed by atoms with van der Waals surface area (Å²) in [4.78, 5) is 17.3. The van der Waals surface area contributed by atoms with E-state index in [4.69, 9.17) is 0 Å². The van der Waals surface area contributed by atoms with Gasteiger partial charge in [0.15, 0.2) is 0 Å². The summed E-state index contributed by atoms with van der Waals surface area (Å²) in [6, 6.07) is 21.3. The zero-order chi connectivity index (χ0) is 21.8.